The van der Waals surface area contributed by atoms with Crippen molar-refractivity contribution in [2.45, 2.75) is 6.92 Å². The summed E-state index contributed by atoms with van der Waals surface area (Å²) >= 11 is 0. The standard InChI is InChI=1S/C12H15NO2/c1-2-14-9-11-8-13(15-10-11)12-6-4-3-5-7-12/h3-7,9H,2,8,10H2,1H3. The Balaban J connectivity index is 1.99. The minimum absolute atomic E-state index is 0.620. The summed E-state index contributed by atoms with van der Waals surface area (Å²) in [6.45, 7) is 4.08. The van der Waals surface area contributed by atoms with Crippen molar-refractivity contribution in [2.24, 2.45) is 0 Å². The highest BCUT2D eigenvalue weighted by Gasteiger charge is 2.17. The molecule has 0 radical (unpaired) electrons. The summed E-state index contributed by atoms with van der Waals surface area (Å²) in [6, 6.07) is 10.1. The van der Waals surface area contributed by atoms with Gasteiger partial charge in [-0.3, -0.25) is 4.84 Å². The van der Waals surface area contributed by atoms with E-state index < -0.39 is 0 Å². The van der Waals surface area contributed by atoms with Gasteiger partial charge in [-0.1, -0.05) is 18.2 Å². The maximum Gasteiger partial charge on any atom is 0.101 e. The van der Waals surface area contributed by atoms with E-state index in [1.54, 1.807) is 6.26 Å². The molecule has 1 saturated heterocycles. The van der Waals surface area contributed by atoms with Crippen LogP contribution >= 0.6 is 0 Å². The molecule has 0 unspecified atom stereocenters. The van der Waals surface area contributed by atoms with Crippen LogP contribution in [0.5, 0.6) is 0 Å². The van der Waals surface area contributed by atoms with Crippen molar-refractivity contribution in [3.05, 3.63) is 42.2 Å². The molecule has 0 bridgehead atoms. The number of anilines is 1. The lowest BCUT2D eigenvalue weighted by atomic mass is 10.3. The fraction of sp³-hybridized carbons (Fsp3) is 0.333. The number of para-hydroxylation sites is 1. The average molecular weight is 205 g/mol. The molecule has 1 aromatic carbocycles. The smallest absolute Gasteiger partial charge is 0.101 e. The van der Waals surface area contributed by atoms with Gasteiger partial charge in [-0.05, 0) is 19.1 Å². The number of benzene rings is 1. The van der Waals surface area contributed by atoms with Crippen LogP contribution < -0.4 is 5.06 Å². The molecule has 0 saturated carbocycles. The number of rotatable bonds is 3. The van der Waals surface area contributed by atoms with Crippen LogP contribution in [-0.4, -0.2) is 19.8 Å². The molecule has 1 aliphatic heterocycles. The Morgan fingerprint density at radius 2 is 2.20 bits per heavy atom. The summed E-state index contributed by atoms with van der Waals surface area (Å²) in [5, 5.41) is 1.88. The third kappa shape index (κ3) is 2.50. The highest BCUT2D eigenvalue weighted by molar-refractivity contribution is 5.45. The van der Waals surface area contributed by atoms with E-state index in [0.29, 0.717) is 13.2 Å². The van der Waals surface area contributed by atoms with Crippen molar-refractivity contribution in [3.63, 3.8) is 0 Å². The minimum Gasteiger partial charge on any atom is -0.501 e. The molecule has 1 heterocycles. The van der Waals surface area contributed by atoms with Gasteiger partial charge in [-0.25, -0.2) is 5.06 Å². The van der Waals surface area contributed by atoms with E-state index in [-0.39, 0.29) is 0 Å². The van der Waals surface area contributed by atoms with E-state index in [9.17, 15) is 0 Å². The second kappa shape index (κ2) is 4.84. The number of hydrogen-bond donors (Lipinski definition) is 0. The van der Waals surface area contributed by atoms with Crippen molar-refractivity contribution in [2.75, 3.05) is 24.8 Å². The van der Waals surface area contributed by atoms with E-state index in [4.69, 9.17) is 9.57 Å². The van der Waals surface area contributed by atoms with Gasteiger partial charge in [0.2, 0.25) is 0 Å². The van der Waals surface area contributed by atoms with Crippen LogP contribution in [0.15, 0.2) is 42.2 Å². The van der Waals surface area contributed by atoms with Gasteiger partial charge in [0.25, 0.3) is 0 Å². The van der Waals surface area contributed by atoms with E-state index in [1.165, 1.54) is 5.57 Å². The molecular formula is C12H15NO2. The summed E-state index contributed by atoms with van der Waals surface area (Å²) in [6.07, 6.45) is 1.79. The van der Waals surface area contributed by atoms with Crippen LogP contribution in [0.2, 0.25) is 0 Å². The second-order valence-corrected chi connectivity index (χ2v) is 3.38. The molecular weight excluding hydrogens is 190 g/mol. The normalized spacial score (nSPS) is 18.5. The second-order valence-electron chi connectivity index (χ2n) is 3.38. The molecule has 3 nitrogen and oxygen atoms in total. The zero-order valence-electron chi connectivity index (χ0n) is 8.85. The van der Waals surface area contributed by atoms with Crippen molar-refractivity contribution in [1.82, 2.24) is 0 Å². The fourth-order valence-corrected chi connectivity index (χ4v) is 1.47. The van der Waals surface area contributed by atoms with Gasteiger partial charge in [0.1, 0.15) is 6.61 Å². The molecule has 0 amide bonds. The van der Waals surface area contributed by atoms with Crippen molar-refractivity contribution in [1.29, 1.82) is 0 Å². The summed E-state index contributed by atoms with van der Waals surface area (Å²) in [5.74, 6) is 0. The Morgan fingerprint density at radius 1 is 1.40 bits per heavy atom. The third-order valence-corrected chi connectivity index (χ3v) is 2.21. The van der Waals surface area contributed by atoms with Crippen LogP contribution in [0.25, 0.3) is 0 Å². The molecule has 1 fully saturated rings. The van der Waals surface area contributed by atoms with Crippen molar-refractivity contribution >= 4 is 5.69 Å². The Labute approximate surface area is 89.9 Å². The first-order chi connectivity index (χ1) is 7.40. The van der Waals surface area contributed by atoms with Gasteiger partial charge in [0, 0.05) is 5.57 Å². The summed E-state index contributed by atoms with van der Waals surface area (Å²) in [7, 11) is 0. The molecule has 0 aromatic heterocycles. The van der Waals surface area contributed by atoms with Crippen molar-refractivity contribution in [3.8, 4) is 0 Å². The fourth-order valence-electron chi connectivity index (χ4n) is 1.47. The molecule has 1 aromatic rings. The number of hydrogen-bond acceptors (Lipinski definition) is 3. The SMILES string of the molecule is CCOC=C1CON(c2ccccc2)C1. The van der Waals surface area contributed by atoms with Gasteiger partial charge in [0.05, 0.1) is 25.1 Å². The summed E-state index contributed by atoms with van der Waals surface area (Å²) in [4.78, 5) is 5.53. The van der Waals surface area contributed by atoms with E-state index in [1.807, 2.05) is 42.3 Å². The summed E-state index contributed by atoms with van der Waals surface area (Å²) < 4.78 is 5.23. The number of hydroxylamine groups is 1. The largest absolute Gasteiger partial charge is 0.501 e. The highest BCUT2D eigenvalue weighted by Crippen LogP contribution is 2.20. The minimum atomic E-state index is 0.620. The first kappa shape index (κ1) is 10.1. The maximum absolute atomic E-state index is 5.53. The number of nitrogens with zero attached hydrogens (tertiary/aromatic N) is 1. The first-order valence-corrected chi connectivity index (χ1v) is 5.15. The molecule has 2 rings (SSSR count). The topological polar surface area (TPSA) is 21.7 Å². The van der Waals surface area contributed by atoms with Gasteiger partial charge in [-0.15, -0.1) is 0 Å². The van der Waals surface area contributed by atoms with Crippen LogP contribution in [0, 0.1) is 0 Å². The lowest BCUT2D eigenvalue weighted by Gasteiger charge is -2.14. The molecule has 3 heteroatoms. The molecule has 80 valence electrons. The lowest BCUT2D eigenvalue weighted by Crippen LogP contribution is -2.15. The van der Waals surface area contributed by atoms with Crippen LogP contribution in [0.1, 0.15) is 6.92 Å². The average Bonchev–Trinajstić information content (AvgIpc) is 2.76. The van der Waals surface area contributed by atoms with E-state index >= 15 is 0 Å². The maximum atomic E-state index is 5.53. The van der Waals surface area contributed by atoms with Gasteiger partial charge < -0.3 is 4.74 Å². The predicted molar refractivity (Wildman–Crippen MR) is 59.4 cm³/mol. The van der Waals surface area contributed by atoms with Gasteiger partial charge in [0.15, 0.2) is 0 Å². The van der Waals surface area contributed by atoms with Gasteiger partial charge >= 0.3 is 0 Å². The summed E-state index contributed by atoms with van der Waals surface area (Å²) in [5.41, 5.74) is 2.25. The molecule has 0 aliphatic carbocycles. The van der Waals surface area contributed by atoms with E-state index in [2.05, 4.69) is 0 Å². The van der Waals surface area contributed by atoms with Crippen LogP contribution in [0.4, 0.5) is 5.69 Å². The van der Waals surface area contributed by atoms with E-state index in [0.717, 1.165) is 12.2 Å². The zero-order valence-corrected chi connectivity index (χ0v) is 8.85. The Kier molecular flexibility index (Phi) is 3.25. The third-order valence-electron chi connectivity index (χ3n) is 2.21. The monoisotopic (exact) mass is 205 g/mol. The molecule has 0 N–H and O–H groups in total. The van der Waals surface area contributed by atoms with Crippen LogP contribution in [-0.2, 0) is 9.57 Å². The Bertz CT molecular complexity index is 335. The molecule has 15 heavy (non-hydrogen) atoms. The predicted octanol–water partition coefficient (Wildman–Crippen LogP) is 2.36. The quantitative estimate of drug-likeness (QED) is 0.707. The van der Waals surface area contributed by atoms with Crippen molar-refractivity contribution < 1.29 is 9.57 Å². The Hall–Kier alpha value is -1.48. The molecule has 0 spiro atoms. The zero-order chi connectivity index (χ0) is 10.5. The molecule has 1 aliphatic rings. The molecule has 0 atom stereocenters. The Morgan fingerprint density at radius 3 is 2.93 bits per heavy atom. The first-order valence-electron chi connectivity index (χ1n) is 5.15. The van der Waals surface area contributed by atoms with Gasteiger partial charge in [-0.2, -0.15) is 0 Å². The van der Waals surface area contributed by atoms with Crippen LogP contribution in [0.3, 0.4) is 0 Å². The lowest BCUT2D eigenvalue weighted by molar-refractivity contribution is 0.173. The number of ether oxygens (including phenoxy) is 1. The highest BCUT2D eigenvalue weighted by atomic mass is 16.7.